The predicted molar refractivity (Wildman–Crippen MR) is 122 cm³/mol. The number of rotatable bonds is 6. The lowest BCUT2D eigenvalue weighted by atomic mass is 10.1. The number of nitrogens with zero attached hydrogens (tertiary/aromatic N) is 3. The summed E-state index contributed by atoms with van der Waals surface area (Å²) in [6.45, 7) is 6.68. The van der Waals surface area contributed by atoms with Crippen molar-refractivity contribution in [1.29, 1.82) is 0 Å². The maximum atomic E-state index is 12.9. The van der Waals surface area contributed by atoms with E-state index in [2.05, 4.69) is 10.2 Å². The maximum Gasteiger partial charge on any atom is 0.262 e. The molecule has 1 fully saturated rings. The van der Waals surface area contributed by atoms with Gasteiger partial charge in [-0.15, -0.1) is 0 Å². The Labute approximate surface area is 193 Å². The lowest BCUT2D eigenvalue weighted by molar-refractivity contribution is -0.119. The normalized spacial score (nSPS) is 18.3. The Morgan fingerprint density at radius 2 is 1.48 bits per heavy atom. The minimum absolute atomic E-state index is 0.152. The number of hydrogen-bond donors (Lipinski definition) is 1. The summed E-state index contributed by atoms with van der Waals surface area (Å²) in [5, 5.41) is 2.66. The predicted octanol–water partition coefficient (Wildman–Crippen LogP) is 1.64. The number of anilines is 1. The van der Waals surface area contributed by atoms with Crippen molar-refractivity contribution in [3.63, 3.8) is 0 Å². The van der Waals surface area contributed by atoms with E-state index in [1.807, 2.05) is 6.92 Å². The average Bonchev–Trinajstić information content (AvgIpc) is 3.09. The van der Waals surface area contributed by atoms with E-state index in [1.54, 1.807) is 24.3 Å². The molecule has 0 aliphatic carbocycles. The van der Waals surface area contributed by atoms with Gasteiger partial charge in [0.1, 0.15) is 6.04 Å². The van der Waals surface area contributed by atoms with E-state index in [-0.39, 0.29) is 16.0 Å². The number of fused-ring (bicyclic) bond motifs is 1. The number of amides is 3. The fourth-order valence-electron chi connectivity index (χ4n) is 4.07. The molecule has 1 saturated heterocycles. The fourth-order valence-corrected chi connectivity index (χ4v) is 5.49. The smallest absolute Gasteiger partial charge is 0.262 e. The Morgan fingerprint density at radius 1 is 0.939 bits per heavy atom. The first-order chi connectivity index (χ1) is 15.7. The van der Waals surface area contributed by atoms with Gasteiger partial charge in [0.15, 0.2) is 0 Å². The van der Waals surface area contributed by atoms with Gasteiger partial charge in [-0.25, -0.2) is 8.42 Å². The van der Waals surface area contributed by atoms with Gasteiger partial charge < -0.3 is 10.2 Å². The summed E-state index contributed by atoms with van der Waals surface area (Å²) in [4.78, 5) is 41.2. The highest BCUT2D eigenvalue weighted by Crippen LogP contribution is 2.25. The second-order valence-corrected chi connectivity index (χ2v) is 9.99. The van der Waals surface area contributed by atoms with Crippen LogP contribution in [0.4, 0.5) is 5.69 Å². The van der Waals surface area contributed by atoms with E-state index in [9.17, 15) is 22.8 Å². The van der Waals surface area contributed by atoms with Crippen molar-refractivity contribution >= 4 is 33.4 Å². The second kappa shape index (κ2) is 9.05. The molecule has 2 heterocycles. The number of sulfonamides is 1. The van der Waals surface area contributed by atoms with Crippen molar-refractivity contribution < 1.29 is 22.8 Å². The SMILES string of the molecule is CCN1CCN(S(=O)(=O)c2ccc(NC(=O)C(C)N3C(=O)c4ccccc4C3=O)cc2)CC1. The topological polar surface area (TPSA) is 107 Å². The fraction of sp³-hybridized carbons (Fsp3) is 0.348. The minimum atomic E-state index is -3.62. The molecule has 2 aliphatic heterocycles. The van der Waals surface area contributed by atoms with Crippen LogP contribution < -0.4 is 5.32 Å². The number of carbonyl (C=O) groups excluding carboxylic acids is 3. The number of nitrogens with one attached hydrogen (secondary N) is 1. The van der Waals surface area contributed by atoms with E-state index >= 15 is 0 Å². The number of carbonyl (C=O) groups is 3. The van der Waals surface area contributed by atoms with Gasteiger partial charge in [-0.1, -0.05) is 19.1 Å². The molecular weight excluding hydrogens is 444 g/mol. The molecule has 4 rings (SSSR count). The summed E-state index contributed by atoms with van der Waals surface area (Å²) in [5.41, 5.74) is 0.922. The second-order valence-electron chi connectivity index (χ2n) is 8.05. The molecule has 0 saturated carbocycles. The van der Waals surface area contributed by atoms with E-state index in [1.165, 1.54) is 35.5 Å². The molecule has 2 aliphatic rings. The molecule has 1 unspecified atom stereocenters. The van der Waals surface area contributed by atoms with Crippen LogP contribution in [-0.2, 0) is 14.8 Å². The van der Waals surface area contributed by atoms with Crippen LogP contribution in [0, 0.1) is 0 Å². The number of likely N-dealkylation sites (N-methyl/N-ethyl adjacent to an activating group) is 1. The molecule has 3 amide bonds. The molecule has 0 radical (unpaired) electrons. The van der Waals surface area contributed by atoms with Gasteiger partial charge in [-0.05, 0) is 49.9 Å². The van der Waals surface area contributed by atoms with Gasteiger partial charge in [0.05, 0.1) is 16.0 Å². The third-order valence-electron chi connectivity index (χ3n) is 6.13. The molecular formula is C23H26N4O5S. The minimum Gasteiger partial charge on any atom is -0.324 e. The highest BCUT2D eigenvalue weighted by atomic mass is 32.2. The maximum absolute atomic E-state index is 12.9. The molecule has 0 aromatic heterocycles. The van der Waals surface area contributed by atoms with Gasteiger partial charge in [0.25, 0.3) is 11.8 Å². The third kappa shape index (κ3) is 4.29. The Hall–Kier alpha value is -3.08. The van der Waals surface area contributed by atoms with Crippen LogP contribution in [0.25, 0.3) is 0 Å². The summed E-state index contributed by atoms with van der Waals surface area (Å²) in [6, 6.07) is 11.3. The molecule has 9 nitrogen and oxygen atoms in total. The van der Waals surface area contributed by atoms with E-state index in [0.29, 0.717) is 31.9 Å². The van der Waals surface area contributed by atoms with E-state index in [4.69, 9.17) is 0 Å². The summed E-state index contributed by atoms with van der Waals surface area (Å²) in [6.07, 6.45) is 0. The number of imide groups is 1. The van der Waals surface area contributed by atoms with Gasteiger partial charge in [-0.2, -0.15) is 4.31 Å². The summed E-state index contributed by atoms with van der Waals surface area (Å²) in [7, 11) is -3.62. The Morgan fingerprint density at radius 3 is 2.00 bits per heavy atom. The molecule has 10 heteroatoms. The summed E-state index contributed by atoms with van der Waals surface area (Å²) in [5.74, 6) is -1.57. The van der Waals surface area contributed by atoms with Crippen LogP contribution in [0.15, 0.2) is 53.4 Å². The van der Waals surface area contributed by atoms with Crippen molar-refractivity contribution in [2.75, 3.05) is 38.0 Å². The molecule has 2 aromatic rings. The van der Waals surface area contributed by atoms with Gasteiger partial charge in [0, 0.05) is 31.9 Å². The van der Waals surface area contributed by atoms with Crippen LogP contribution in [0.3, 0.4) is 0 Å². The van der Waals surface area contributed by atoms with Crippen molar-refractivity contribution in [1.82, 2.24) is 14.1 Å². The molecule has 2 aromatic carbocycles. The highest BCUT2D eigenvalue weighted by molar-refractivity contribution is 7.89. The standard InChI is InChI=1S/C23H26N4O5S/c1-3-25-12-14-26(15-13-25)33(31,32)18-10-8-17(9-11-18)24-21(28)16(2)27-22(29)19-6-4-5-7-20(19)23(27)30/h4-11,16H,3,12-15H2,1-2H3,(H,24,28). The van der Waals surface area contributed by atoms with E-state index < -0.39 is 33.8 Å². The van der Waals surface area contributed by atoms with Gasteiger partial charge in [-0.3, -0.25) is 19.3 Å². The quantitative estimate of drug-likeness (QED) is 0.643. The van der Waals surface area contributed by atoms with Crippen molar-refractivity contribution in [2.24, 2.45) is 0 Å². The summed E-state index contributed by atoms with van der Waals surface area (Å²) < 4.78 is 27.3. The number of benzene rings is 2. The van der Waals surface area contributed by atoms with Crippen molar-refractivity contribution in [2.45, 2.75) is 24.8 Å². The molecule has 1 N–H and O–H groups in total. The lowest BCUT2D eigenvalue weighted by Crippen LogP contribution is -2.48. The van der Waals surface area contributed by atoms with Crippen LogP contribution in [0.5, 0.6) is 0 Å². The zero-order chi connectivity index (χ0) is 23.8. The Balaban J connectivity index is 1.42. The first-order valence-corrected chi connectivity index (χ1v) is 12.3. The molecule has 1 atom stereocenters. The van der Waals surface area contributed by atoms with Crippen LogP contribution in [0.2, 0.25) is 0 Å². The zero-order valence-corrected chi connectivity index (χ0v) is 19.3. The van der Waals surface area contributed by atoms with Crippen molar-refractivity contribution in [3.05, 3.63) is 59.7 Å². The third-order valence-corrected chi connectivity index (χ3v) is 8.04. The van der Waals surface area contributed by atoms with E-state index in [0.717, 1.165) is 11.4 Å². The molecule has 33 heavy (non-hydrogen) atoms. The Bertz CT molecular complexity index is 1150. The first kappa shape index (κ1) is 23.1. The number of piperazine rings is 1. The lowest BCUT2D eigenvalue weighted by Gasteiger charge is -2.33. The number of hydrogen-bond acceptors (Lipinski definition) is 6. The molecule has 0 spiro atoms. The van der Waals surface area contributed by atoms with Gasteiger partial charge >= 0.3 is 0 Å². The van der Waals surface area contributed by atoms with Crippen LogP contribution in [-0.4, -0.2) is 79.0 Å². The van der Waals surface area contributed by atoms with Gasteiger partial charge in [0.2, 0.25) is 15.9 Å². The molecule has 0 bridgehead atoms. The largest absolute Gasteiger partial charge is 0.324 e. The van der Waals surface area contributed by atoms with Crippen LogP contribution >= 0.6 is 0 Å². The summed E-state index contributed by atoms with van der Waals surface area (Å²) >= 11 is 0. The molecule has 174 valence electrons. The van der Waals surface area contributed by atoms with Crippen molar-refractivity contribution in [3.8, 4) is 0 Å². The zero-order valence-electron chi connectivity index (χ0n) is 18.5. The first-order valence-electron chi connectivity index (χ1n) is 10.8. The average molecular weight is 471 g/mol. The highest BCUT2D eigenvalue weighted by Gasteiger charge is 2.40. The monoisotopic (exact) mass is 470 g/mol. The van der Waals surface area contributed by atoms with Crippen LogP contribution in [0.1, 0.15) is 34.6 Å². The Kier molecular flexibility index (Phi) is 6.33.